The number of imidazole rings is 1. The zero-order valence-electron chi connectivity index (χ0n) is 21.3. The van der Waals surface area contributed by atoms with Crippen LogP contribution in [0, 0.1) is 0 Å². The highest BCUT2D eigenvalue weighted by Gasteiger charge is 2.48. The molecule has 206 valence electrons. The summed E-state index contributed by atoms with van der Waals surface area (Å²) >= 11 is 0. The van der Waals surface area contributed by atoms with Gasteiger partial charge in [0.05, 0.1) is 25.1 Å². The number of aromatic amines is 1. The molecule has 1 aliphatic rings. The highest BCUT2D eigenvalue weighted by molar-refractivity contribution is 7.52. The quantitative estimate of drug-likeness (QED) is 0.249. The number of nitrogens with one attached hydrogen (secondary N) is 2. The van der Waals surface area contributed by atoms with Crippen molar-refractivity contribution in [2.24, 2.45) is 0 Å². The van der Waals surface area contributed by atoms with Crippen LogP contribution in [0.4, 0.5) is 10.3 Å². The molecule has 4 rings (SSSR count). The number of rotatable bonds is 10. The number of nitrogens with zero attached hydrogens (tertiary/aromatic N) is 3. The third-order valence-corrected chi connectivity index (χ3v) is 7.27. The molecule has 0 bridgehead atoms. The number of ether oxygens (including phenoxy) is 2. The van der Waals surface area contributed by atoms with E-state index in [0.29, 0.717) is 0 Å². The Morgan fingerprint density at radius 1 is 1.37 bits per heavy atom. The van der Waals surface area contributed by atoms with E-state index in [-0.39, 0.29) is 42.0 Å². The Morgan fingerprint density at radius 3 is 2.76 bits per heavy atom. The fourth-order valence-corrected chi connectivity index (χ4v) is 5.52. The number of fused-ring (bicyclic) bond motifs is 1. The van der Waals surface area contributed by atoms with Crippen molar-refractivity contribution in [2.45, 2.75) is 64.3 Å². The fraction of sp³-hybridized carbons (Fsp3) is 0.478. The molecule has 4 N–H and O–H groups in total. The van der Waals surface area contributed by atoms with Gasteiger partial charge in [0.15, 0.2) is 23.1 Å². The van der Waals surface area contributed by atoms with Crippen LogP contribution in [0.5, 0.6) is 5.75 Å². The van der Waals surface area contributed by atoms with E-state index in [2.05, 4.69) is 20.0 Å². The number of carbonyl (C=O) groups excluding carboxylic acids is 1. The summed E-state index contributed by atoms with van der Waals surface area (Å²) in [7, 11) is -4.17. The van der Waals surface area contributed by atoms with Crippen molar-refractivity contribution in [3.8, 4) is 5.75 Å². The van der Waals surface area contributed by atoms with E-state index in [1.807, 2.05) is 0 Å². The minimum Gasteiger partial charge on any atom is -0.462 e. The standard InChI is InChI=1S/C23H30FN6O7P/c1-13(2)35-20(32)14(3)29-38(33,37-15-8-6-5-7-9-15)34-11-16-10-23(4,24)21(36-16)30-12-26-17-18(30)27-22(25)28-19(17)31/h5-9,12-14,16,21H,10-11H2,1-4H3,(H,29,33)(H3,25,27,28,31)/t14-,16+,21-,23-,38?/m1/s1. The van der Waals surface area contributed by atoms with Crippen molar-refractivity contribution in [3.63, 3.8) is 0 Å². The number of carbonyl (C=O) groups is 1. The minimum absolute atomic E-state index is 0.0227. The molecule has 0 aliphatic carbocycles. The molecule has 0 radical (unpaired) electrons. The maximum atomic E-state index is 15.7. The number of para-hydroxylation sites is 1. The van der Waals surface area contributed by atoms with Crippen LogP contribution in [-0.4, -0.2) is 56.0 Å². The Kier molecular flexibility index (Phi) is 7.88. The maximum absolute atomic E-state index is 15.7. The third kappa shape index (κ3) is 6.21. The van der Waals surface area contributed by atoms with E-state index in [0.717, 1.165) is 0 Å². The van der Waals surface area contributed by atoms with Crippen LogP contribution >= 0.6 is 7.75 Å². The van der Waals surface area contributed by atoms with Crippen molar-refractivity contribution in [3.05, 3.63) is 47.0 Å². The lowest BCUT2D eigenvalue weighted by atomic mass is 10.0. The van der Waals surface area contributed by atoms with E-state index >= 15 is 4.39 Å². The second kappa shape index (κ2) is 10.8. The lowest BCUT2D eigenvalue weighted by molar-refractivity contribution is -0.149. The van der Waals surface area contributed by atoms with E-state index in [1.54, 1.807) is 44.2 Å². The number of nitrogens with two attached hydrogens (primary N) is 1. The molecule has 3 aromatic rings. The molecule has 15 heteroatoms. The van der Waals surface area contributed by atoms with Crippen molar-refractivity contribution < 1.29 is 32.3 Å². The summed E-state index contributed by atoms with van der Waals surface area (Å²) in [6.45, 7) is 5.81. The van der Waals surface area contributed by atoms with Gasteiger partial charge in [-0.1, -0.05) is 18.2 Å². The fourth-order valence-electron chi connectivity index (χ4n) is 4.00. The highest BCUT2D eigenvalue weighted by Crippen LogP contribution is 2.47. The van der Waals surface area contributed by atoms with Gasteiger partial charge in [0.1, 0.15) is 11.8 Å². The molecule has 13 nitrogen and oxygen atoms in total. The van der Waals surface area contributed by atoms with Gasteiger partial charge in [0.2, 0.25) is 5.95 Å². The van der Waals surface area contributed by atoms with Crippen molar-refractivity contribution in [1.29, 1.82) is 0 Å². The molecule has 0 amide bonds. The minimum atomic E-state index is -4.17. The summed E-state index contributed by atoms with van der Waals surface area (Å²) < 4.78 is 52.9. The molecule has 5 atom stereocenters. The monoisotopic (exact) mass is 552 g/mol. The SMILES string of the molecule is CC(C)OC(=O)[C@@H](C)NP(=O)(OC[C@@H]1C[C@@](C)(F)[C@H](n2cnc3c(=O)[nH]c(N)nc32)O1)Oc1ccccc1. The number of nitrogen functional groups attached to an aromatic ring is 1. The van der Waals surface area contributed by atoms with Crippen LogP contribution in [0.15, 0.2) is 41.5 Å². The second-order valence-corrected chi connectivity index (χ2v) is 11.1. The maximum Gasteiger partial charge on any atom is 0.459 e. The van der Waals surface area contributed by atoms with Gasteiger partial charge in [0.25, 0.3) is 5.56 Å². The first kappa shape index (κ1) is 27.7. The normalized spacial score (nSPS) is 23.8. The lowest BCUT2D eigenvalue weighted by Crippen LogP contribution is -2.36. The van der Waals surface area contributed by atoms with E-state index in [1.165, 1.54) is 24.7 Å². The molecular formula is C23H30FN6O7P. The molecule has 1 saturated heterocycles. The third-order valence-electron chi connectivity index (χ3n) is 5.62. The lowest BCUT2D eigenvalue weighted by Gasteiger charge is -2.24. The number of hydrogen-bond acceptors (Lipinski definition) is 10. The molecule has 1 fully saturated rings. The van der Waals surface area contributed by atoms with E-state index < -0.39 is 43.3 Å². The molecule has 0 saturated carbocycles. The number of alkyl halides is 1. The summed E-state index contributed by atoms with van der Waals surface area (Å²) in [5.41, 5.74) is 3.17. The molecule has 38 heavy (non-hydrogen) atoms. The van der Waals surface area contributed by atoms with Crippen molar-refractivity contribution >= 4 is 30.8 Å². The average molecular weight is 553 g/mol. The van der Waals surface area contributed by atoms with Crippen LogP contribution in [0.3, 0.4) is 0 Å². The largest absolute Gasteiger partial charge is 0.462 e. The predicted molar refractivity (Wildman–Crippen MR) is 135 cm³/mol. The Morgan fingerprint density at radius 2 is 2.08 bits per heavy atom. The van der Waals surface area contributed by atoms with Gasteiger partial charge >= 0.3 is 13.7 Å². The summed E-state index contributed by atoms with van der Waals surface area (Å²) in [6, 6.07) is 7.20. The number of hydrogen-bond donors (Lipinski definition) is 3. The second-order valence-electron chi connectivity index (χ2n) is 9.40. The molecule has 1 unspecified atom stereocenters. The summed E-state index contributed by atoms with van der Waals surface area (Å²) in [5, 5.41) is 2.58. The predicted octanol–water partition coefficient (Wildman–Crippen LogP) is 2.85. The number of esters is 1. The summed E-state index contributed by atoms with van der Waals surface area (Å²) in [5.74, 6) is -0.576. The van der Waals surface area contributed by atoms with Crippen LogP contribution < -0.4 is 20.9 Å². The molecule has 1 aliphatic heterocycles. The van der Waals surface area contributed by atoms with Crippen LogP contribution in [0.25, 0.3) is 11.2 Å². The number of H-pyrrole nitrogens is 1. The Hall–Kier alpha value is -3.32. The Balaban J connectivity index is 1.52. The topological polar surface area (TPSA) is 173 Å². The molecule has 0 spiro atoms. The van der Waals surface area contributed by atoms with Crippen LogP contribution in [-0.2, 0) is 23.4 Å². The van der Waals surface area contributed by atoms with Gasteiger partial charge in [-0.05, 0) is 39.8 Å². The van der Waals surface area contributed by atoms with Gasteiger partial charge in [-0.2, -0.15) is 10.1 Å². The summed E-state index contributed by atoms with van der Waals surface area (Å²) in [6.07, 6.45) is -1.39. The number of anilines is 1. The number of benzene rings is 1. The highest BCUT2D eigenvalue weighted by atomic mass is 31.2. The first-order valence-electron chi connectivity index (χ1n) is 11.9. The van der Waals surface area contributed by atoms with Gasteiger partial charge in [-0.15, -0.1) is 0 Å². The summed E-state index contributed by atoms with van der Waals surface area (Å²) in [4.78, 5) is 34.8. The Labute approximate surface area is 217 Å². The number of aromatic nitrogens is 4. The van der Waals surface area contributed by atoms with Crippen LogP contribution in [0.1, 0.15) is 40.3 Å². The zero-order chi connectivity index (χ0) is 27.7. The van der Waals surface area contributed by atoms with Gasteiger partial charge in [-0.3, -0.25) is 23.7 Å². The molecule has 2 aromatic heterocycles. The van der Waals surface area contributed by atoms with Crippen molar-refractivity contribution in [2.75, 3.05) is 12.3 Å². The first-order valence-corrected chi connectivity index (χ1v) is 13.5. The zero-order valence-corrected chi connectivity index (χ0v) is 22.2. The van der Waals surface area contributed by atoms with Gasteiger partial charge in [0, 0.05) is 6.42 Å². The van der Waals surface area contributed by atoms with E-state index in [4.69, 9.17) is 24.3 Å². The van der Waals surface area contributed by atoms with Gasteiger partial charge < -0.3 is 19.7 Å². The van der Waals surface area contributed by atoms with Crippen LogP contribution in [0.2, 0.25) is 0 Å². The molecule has 3 heterocycles. The smallest absolute Gasteiger partial charge is 0.459 e. The van der Waals surface area contributed by atoms with Crippen molar-refractivity contribution in [1.82, 2.24) is 24.6 Å². The molecular weight excluding hydrogens is 522 g/mol. The van der Waals surface area contributed by atoms with E-state index in [9.17, 15) is 14.2 Å². The van der Waals surface area contributed by atoms with Gasteiger partial charge in [-0.25, -0.2) is 13.9 Å². The number of halogens is 1. The first-order chi connectivity index (χ1) is 17.9. The Bertz CT molecular complexity index is 1400. The average Bonchev–Trinajstić information content (AvgIpc) is 3.37. The molecule has 1 aromatic carbocycles.